The van der Waals surface area contributed by atoms with Gasteiger partial charge < -0.3 is 14.9 Å². The first-order valence-corrected chi connectivity index (χ1v) is 12.3. The van der Waals surface area contributed by atoms with E-state index in [0.717, 1.165) is 30.9 Å². The fourth-order valence-corrected chi connectivity index (χ4v) is 6.10. The fourth-order valence-electron chi connectivity index (χ4n) is 4.42. The molecule has 1 aliphatic heterocycles. The fraction of sp³-hybridized carbons (Fsp3) is 0.185. The molecule has 1 saturated heterocycles. The Morgan fingerprint density at radius 1 is 0.812 bits per heavy atom. The van der Waals surface area contributed by atoms with Gasteiger partial charge in [-0.2, -0.15) is 0 Å². The van der Waals surface area contributed by atoms with Crippen LogP contribution in [0, 0.1) is 0 Å². The Hall–Kier alpha value is -2.91. The molecule has 4 nitrogen and oxygen atoms in total. The van der Waals surface area contributed by atoms with Gasteiger partial charge in [-0.25, -0.2) is 0 Å². The van der Waals surface area contributed by atoms with Crippen LogP contribution < -0.4 is 14.9 Å². The molecule has 4 aromatic rings. The second-order valence-corrected chi connectivity index (χ2v) is 9.64. The van der Waals surface area contributed by atoms with Crippen LogP contribution in [-0.2, 0) is 6.54 Å². The second kappa shape index (κ2) is 9.70. The molecule has 4 aromatic carbocycles. The van der Waals surface area contributed by atoms with Gasteiger partial charge in [0.2, 0.25) is 0 Å². The minimum absolute atomic E-state index is 0.203. The first-order valence-electron chi connectivity index (χ1n) is 11.1. The van der Waals surface area contributed by atoms with Gasteiger partial charge in [0, 0.05) is 37.1 Å². The lowest BCUT2D eigenvalue weighted by Crippen LogP contribution is -2.31. The van der Waals surface area contributed by atoms with E-state index >= 15 is 0 Å². The van der Waals surface area contributed by atoms with Crippen molar-refractivity contribution < 1.29 is 4.89 Å². The summed E-state index contributed by atoms with van der Waals surface area (Å²) in [6.45, 7) is 2.28. The molecule has 0 amide bonds. The van der Waals surface area contributed by atoms with Gasteiger partial charge in [0.05, 0.1) is 0 Å². The molecule has 0 spiro atoms. The van der Waals surface area contributed by atoms with Gasteiger partial charge in [-0.1, -0.05) is 78.9 Å². The van der Waals surface area contributed by atoms with E-state index in [1.165, 1.54) is 16.3 Å². The van der Waals surface area contributed by atoms with Gasteiger partial charge >= 0.3 is 0 Å². The van der Waals surface area contributed by atoms with E-state index in [1.807, 2.05) is 48.5 Å². The SMILES string of the molecule is [O-]P1N(c2ccccc2)C[C@H](CCNc2ccccc2)N1Cc1cccc2ccccc12. The smallest absolute Gasteiger partial charge is 0.0399 e. The van der Waals surface area contributed by atoms with Crippen LogP contribution >= 0.6 is 8.45 Å². The monoisotopic (exact) mass is 440 g/mol. The van der Waals surface area contributed by atoms with Gasteiger partial charge in [0.15, 0.2) is 0 Å². The van der Waals surface area contributed by atoms with Crippen LogP contribution in [0.3, 0.4) is 0 Å². The molecule has 162 valence electrons. The molecule has 0 radical (unpaired) electrons. The van der Waals surface area contributed by atoms with E-state index in [1.54, 1.807) is 0 Å². The maximum Gasteiger partial charge on any atom is 0.0399 e. The first kappa shape index (κ1) is 21.0. The molecule has 32 heavy (non-hydrogen) atoms. The predicted octanol–water partition coefficient (Wildman–Crippen LogP) is 5.62. The number of anilines is 2. The molecule has 0 aliphatic carbocycles. The number of fused-ring (bicyclic) bond motifs is 1. The van der Waals surface area contributed by atoms with Crippen molar-refractivity contribution in [1.29, 1.82) is 0 Å². The molecular weight excluding hydrogens is 413 g/mol. The molecule has 1 N–H and O–H groups in total. The molecule has 1 unspecified atom stereocenters. The molecule has 1 fully saturated rings. The molecule has 5 rings (SSSR count). The molecule has 1 heterocycles. The highest BCUT2D eigenvalue weighted by molar-refractivity contribution is 7.49. The van der Waals surface area contributed by atoms with E-state index < -0.39 is 8.45 Å². The summed E-state index contributed by atoms with van der Waals surface area (Å²) < 4.78 is 4.25. The van der Waals surface area contributed by atoms with Gasteiger partial charge in [0.1, 0.15) is 0 Å². The number of hydrogen-bond acceptors (Lipinski definition) is 4. The summed E-state index contributed by atoms with van der Waals surface area (Å²) in [6, 6.07) is 35.4. The van der Waals surface area contributed by atoms with E-state index in [9.17, 15) is 4.89 Å². The predicted molar refractivity (Wildman–Crippen MR) is 134 cm³/mol. The molecule has 5 heteroatoms. The maximum absolute atomic E-state index is 13.7. The number of nitrogens with zero attached hydrogens (tertiary/aromatic N) is 2. The zero-order chi connectivity index (χ0) is 21.8. The maximum atomic E-state index is 13.7. The van der Waals surface area contributed by atoms with Crippen molar-refractivity contribution in [1.82, 2.24) is 4.67 Å². The number of rotatable bonds is 7. The largest absolute Gasteiger partial charge is 0.801 e. The lowest BCUT2D eigenvalue weighted by molar-refractivity contribution is -0.170. The summed E-state index contributed by atoms with van der Waals surface area (Å²) in [5, 5.41) is 5.97. The summed E-state index contributed by atoms with van der Waals surface area (Å²) in [5.74, 6) is 0. The Bertz CT molecular complexity index is 1150. The minimum atomic E-state index is -1.67. The van der Waals surface area contributed by atoms with Crippen molar-refractivity contribution in [3.05, 3.63) is 109 Å². The van der Waals surface area contributed by atoms with Crippen LogP contribution in [0.5, 0.6) is 0 Å². The van der Waals surface area contributed by atoms with Crippen LogP contribution in [-0.4, -0.2) is 23.8 Å². The molecule has 0 saturated carbocycles. The summed E-state index contributed by atoms with van der Waals surface area (Å²) in [4.78, 5) is 13.7. The average Bonchev–Trinajstić information content (AvgIpc) is 3.16. The van der Waals surface area contributed by atoms with Crippen molar-refractivity contribution in [2.24, 2.45) is 0 Å². The zero-order valence-electron chi connectivity index (χ0n) is 18.0. The highest BCUT2D eigenvalue weighted by Gasteiger charge is 2.33. The van der Waals surface area contributed by atoms with E-state index in [-0.39, 0.29) is 6.04 Å². The lowest BCUT2D eigenvalue weighted by Gasteiger charge is -2.37. The molecule has 0 aromatic heterocycles. The van der Waals surface area contributed by atoms with Crippen molar-refractivity contribution in [2.45, 2.75) is 19.0 Å². The van der Waals surface area contributed by atoms with Crippen molar-refractivity contribution in [2.75, 3.05) is 23.1 Å². The Morgan fingerprint density at radius 3 is 2.31 bits per heavy atom. The molecule has 1 aliphatic rings. The molecule has 0 bridgehead atoms. The minimum Gasteiger partial charge on any atom is -0.801 e. The third-order valence-corrected chi connectivity index (χ3v) is 7.79. The van der Waals surface area contributed by atoms with Gasteiger partial charge in [-0.15, -0.1) is 0 Å². The number of hydrogen-bond donors (Lipinski definition) is 1. The molecular formula is C27H27N3OP-. The van der Waals surface area contributed by atoms with Crippen LogP contribution in [0.2, 0.25) is 0 Å². The third-order valence-electron chi connectivity index (χ3n) is 6.08. The molecule has 2 atom stereocenters. The summed E-state index contributed by atoms with van der Waals surface area (Å²) in [6.07, 6.45) is 0.921. The van der Waals surface area contributed by atoms with Gasteiger partial charge in [-0.3, -0.25) is 4.67 Å². The Labute approximate surface area is 191 Å². The van der Waals surface area contributed by atoms with Gasteiger partial charge in [-0.05, 0) is 55.5 Å². The standard InChI is InChI=1S/C27H27N3OP/c31-32-29(20-23-12-9-11-22-10-7-8-17-27(22)23)26(18-19-28-24-13-3-1-4-14-24)21-30(32)25-15-5-2-6-16-25/h1-17,26,28H,18-21H2/q-1/t26-,32?/m0/s1. The normalized spacial score (nSPS) is 18.8. The summed E-state index contributed by atoms with van der Waals surface area (Å²) in [5.41, 5.74) is 3.37. The topological polar surface area (TPSA) is 41.6 Å². The Kier molecular flexibility index (Phi) is 6.36. The van der Waals surface area contributed by atoms with E-state index in [2.05, 4.69) is 69.3 Å². The lowest BCUT2D eigenvalue weighted by atomic mass is 10.0. The van der Waals surface area contributed by atoms with Gasteiger partial charge in [0.25, 0.3) is 0 Å². The third kappa shape index (κ3) is 4.49. The van der Waals surface area contributed by atoms with Crippen LogP contribution in [0.15, 0.2) is 103 Å². The number of para-hydroxylation sites is 2. The highest BCUT2D eigenvalue weighted by atomic mass is 31.2. The van der Waals surface area contributed by atoms with Crippen LogP contribution in [0.1, 0.15) is 12.0 Å². The zero-order valence-corrected chi connectivity index (χ0v) is 18.9. The first-order chi connectivity index (χ1) is 15.8. The second-order valence-electron chi connectivity index (χ2n) is 8.14. The number of nitrogens with one attached hydrogen (secondary N) is 1. The van der Waals surface area contributed by atoms with E-state index in [4.69, 9.17) is 0 Å². The van der Waals surface area contributed by atoms with Crippen LogP contribution in [0.4, 0.5) is 11.4 Å². The summed E-state index contributed by atoms with van der Waals surface area (Å²) in [7, 11) is -1.67. The number of benzene rings is 4. The van der Waals surface area contributed by atoms with Crippen LogP contribution in [0.25, 0.3) is 10.8 Å². The van der Waals surface area contributed by atoms with Crippen molar-refractivity contribution >= 4 is 30.6 Å². The average molecular weight is 441 g/mol. The Morgan fingerprint density at radius 2 is 1.50 bits per heavy atom. The van der Waals surface area contributed by atoms with Crippen molar-refractivity contribution in [3.8, 4) is 0 Å². The van der Waals surface area contributed by atoms with Crippen molar-refractivity contribution in [3.63, 3.8) is 0 Å². The summed E-state index contributed by atoms with van der Waals surface area (Å²) >= 11 is 0. The Balaban J connectivity index is 1.38. The quantitative estimate of drug-likeness (QED) is 0.379. The van der Waals surface area contributed by atoms with E-state index in [0.29, 0.717) is 6.54 Å². The highest BCUT2D eigenvalue weighted by Crippen LogP contribution is 2.49.